The zero-order chi connectivity index (χ0) is 8.97. The van der Waals surface area contributed by atoms with Crippen LogP contribution in [0.3, 0.4) is 0 Å². The Hall–Kier alpha value is -0.120. The molecule has 12 heavy (non-hydrogen) atoms. The van der Waals surface area contributed by atoms with Crippen LogP contribution in [-0.2, 0) is 9.47 Å². The van der Waals surface area contributed by atoms with Gasteiger partial charge in [0.05, 0.1) is 13.2 Å². The van der Waals surface area contributed by atoms with Crippen LogP contribution in [0.1, 0.15) is 20.3 Å². The summed E-state index contributed by atoms with van der Waals surface area (Å²) in [5.41, 5.74) is 0. The van der Waals surface area contributed by atoms with Crippen LogP contribution in [0, 0.1) is 11.8 Å². The van der Waals surface area contributed by atoms with E-state index in [-0.39, 0.29) is 18.8 Å². The van der Waals surface area contributed by atoms with Crippen LogP contribution in [-0.4, -0.2) is 31.2 Å². The fourth-order valence-electron chi connectivity index (χ4n) is 1.24. The van der Waals surface area contributed by atoms with Gasteiger partial charge < -0.3 is 14.6 Å². The van der Waals surface area contributed by atoms with Crippen molar-refractivity contribution in [2.24, 2.45) is 11.8 Å². The van der Waals surface area contributed by atoms with Crippen molar-refractivity contribution in [1.82, 2.24) is 0 Å². The molecule has 0 aromatic rings. The first-order chi connectivity index (χ1) is 5.74. The van der Waals surface area contributed by atoms with E-state index in [9.17, 15) is 0 Å². The lowest BCUT2D eigenvalue weighted by molar-refractivity contribution is -0.153. The molecule has 0 saturated carbocycles. The predicted octanol–water partition coefficient (Wildman–Crippen LogP) is 1.01. The van der Waals surface area contributed by atoms with E-state index in [4.69, 9.17) is 14.6 Å². The Morgan fingerprint density at radius 1 is 1.42 bits per heavy atom. The highest BCUT2D eigenvalue weighted by molar-refractivity contribution is 4.62. The molecule has 1 fully saturated rings. The van der Waals surface area contributed by atoms with Gasteiger partial charge >= 0.3 is 0 Å². The SMILES string of the molecule is CC(C)C1OCCC(CO)CO1. The average molecular weight is 174 g/mol. The fraction of sp³-hybridized carbons (Fsp3) is 1.00. The fourth-order valence-corrected chi connectivity index (χ4v) is 1.24. The minimum Gasteiger partial charge on any atom is -0.396 e. The van der Waals surface area contributed by atoms with Crippen LogP contribution >= 0.6 is 0 Å². The van der Waals surface area contributed by atoms with Gasteiger partial charge in [0, 0.05) is 18.4 Å². The van der Waals surface area contributed by atoms with Crippen LogP contribution in [0.4, 0.5) is 0 Å². The molecule has 1 rings (SSSR count). The van der Waals surface area contributed by atoms with Crippen molar-refractivity contribution in [3.8, 4) is 0 Å². The molecular formula is C9H18O3. The number of aliphatic hydroxyl groups excluding tert-OH is 1. The second-order valence-electron chi connectivity index (χ2n) is 3.65. The van der Waals surface area contributed by atoms with E-state index in [1.807, 2.05) is 0 Å². The van der Waals surface area contributed by atoms with Gasteiger partial charge in [-0.15, -0.1) is 0 Å². The Morgan fingerprint density at radius 3 is 2.75 bits per heavy atom. The largest absolute Gasteiger partial charge is 0.396 e. The van der Waals surface area contributed by atoms with Crippen LogP contribution in [0.15, 0.2) is 0 Å². The highest BCUT2D eigenvalue weighted by Gasteiger charge is 2.21. The Kier molecular flexibility index (Phi) is 3.98. The van der Waals surface area contributed by atoms with Crippen molar-refractivity contribution >= 4 is 0 Å². The molecule has 2 atom stereocenters. The summed E-state index contributed by atoms with van der Waals surface area (Å²) in [5.74, 6) is 0.649. The molecule has 0 aromatic carbocycles. The smallest absolute Gasteiger partial charge is 0.159 e. The van der Waals surface area contributed by atoms with Gasteiger partial charge in [0.1, 0.15) is 0 Å². The quantitative estimate of drug-likeness (QED) is 0.679. The summed E-state index contributed by atoms with van der Waals surface area (Å²) in [5, 5.41) is 8.91. The maximum Gasteiger partial charge on any atom is 0.159 e. The number of ether oxygens (including phenoxy) is 2. The van der Waals surface area contributed by atoms with Crippen molar-refractivity contribution in [3.05, 3.63) is 0 Å². The summed E-state index contributed by atoms with van der Waals surface area (Å²) in [7, 11) is 0. The van der Waals surface area contributed by atoms with Crippen molar-refractivity contribution in [2.45, 2.75) is 26.6 Å². The number of rotatable bonds is 2. The molecule has 3 heteroatoms. The number of hydrogen-bond donors (Lipinski definition) is 1. The predicted molar refractivity (Wildman–Crippen MR) is 45.7 cm³/mol. The van der Waals surface area contributed by atoms with Gasteiger partial charge in [-0.25, -0.2) is 0 Å². The standard InChI is InChI=1S/C9H18O3/c1-7(2)9-11-4-3-8(5-10)6-12-9/h7-10H,3-6H2,1-2H3. The van der Waals surface area contributed by atoms with Crippen molar-refractivity contribution < 1.29 is 14.6 Å². The Balaban J connectivity index is 2.34. The van der Waals surface area contributed by atoms with Gasteiger partial charge in [-0.05, 0) is 6.42 Å². The lowest BCUT2D eigenvalue weighted by Gasteiger charge is -2.18. The molecule has 2 unspecified atom stereocenters. The van der Waals surface area contributed by atoms with Crippen LogP contribution < -0.4 is 0 Å². The van der Waals surface area contributed by atoms with E-state index in [2.05, 4.69) is 13.8 Å². The van der Waals surface area contributed by atoms with Gasteiger partial charge in [-0.1, -0.05) is 13.8 Å². The molecule has 72 valence electrons. The summed E-state index contributed by atoms with van der Waals surface area (Å²) < 4.78 is 10.9. The average Bonchev–Trinajstić information content (AvgIpc) is 2.28. The first-order valence-corrected chi connectivity index (χ1v) is 4.58. The summed E-state index contributed by atoms with van der Waals surface area (Å²) >= 11 is 0. The Bertz CT molecular complexity index is 125. The van der Waals surface area contributed by atoms with Crippen LogP contribution in [0.25, 0.3) is 0 Å². The summed E-state index contributed by atoms with van der Waals surface area (Å²) in [6.07, 6.45) is 0.821. The first kappa shape index (κ1) is 9.96. The second-order valence-corrected chi connectivity index (χ2v) is 3.65. The molecular weight excluding hydrogens is 156 g/mol. The molecule has 1 aliphatic rings. The molecule has 1 aliphatic heterocycles. The lowest BCUT2D eigenvalue weighted by Crippen LogP contribution is -2.23. The maximum atomic E-state index is 8.91. The van der Waals surface area contributed by atoms with Crippen molar-refractivity contribution in [3.63, 3.8) is 0 Å². The molecule has 0 aromatic heterocycles. The van der Waals surface area contributed by atoms with Gasteiger partial charge in [-0.3, -0.25) is 0 Å². The molecule has 0 amide bonds. The van der Waals surface area contributed by atoms with E-state index >= 15 is 0 Å². The third kappa shape index (κ3) is 2.73. The maximum absolute atomic E-state index is 8.91. The third-order valence-electron chi connectivity index (χ3n) is 2.11. The van der Waals surface area contributed by atoms with Gasteiger partial charge in [-0.2, -0.15) is 0 Å². The molecule has 0 bridgehead atoms. The molecule has 0 aliphatic carbocycles. The van der Waals surface area contributed by atoms with E-state index in [0.29, 0.717) is 19.1 Å². The molecule has 0 spiro atoms. The first-order valence-electron chi connectivity index (χ1n) is 4.58. The Morgan fingerprint density at radius 2 is 2.17 bits per heavy atom. The van der Waals surface area contributed by atoms with Crippen molar-refractivity contribution in [2.75, 3.05) is 19.8 Å². The zero-order valence-electron chi connectivity index (χ0n) is 7.82. The van der Waals surface area contributed by atoms with E-state index < -0.39 is 0 Å². The minimum absolute atomic E-state index is 0.0819. The molecule has 1 heterocycles. The highest BCUT2D eigenvalue weighted by Crippen LogP contribution is 2.16. The second kappa shape index (κ2) is 4.80. The van der Waals surface area contributed by atoms with Crippen LogP contribution in [0.2, 0.25) is 0 Å². The van der Waals surface area contributed by atoms with E-state index in [0.717, 1.165) is 6.42 Å². The molecule has 1 N–H and O–H groups in total. The van der Waals surface area contributed by atoms with Crippen molar-refractivity contribution in [1.29, 1.82) is 0 Å². The molecule has 1 saturated heterocycles. The number of aliphatic hydroxyl groups is 1. The Labute approximate surface area is 73.7 Å². The topological polar surface area (TPSA) is 38.7 Å². The minimum atomic E-state index is -0.0819. The summed E-state index contributed by atoms with van der Waals surface area (Å²) in [6.45, 7) is 5.68. The van der Waals surface area contributed by atoms with Crippen LogP contribution in [0.5, 0.6) is 0 Å². The third-order valence-corrected chi connectivity index (χ3v) is 2.11. The molecule has 3 nitrogen and oxygen atoms in total. The monoisotopic (exact) mass is 174 g/mol. The number of hydrogen-bond acceptors (Lipinski definition) is 3. The molecule has 0 radical (unpaired) electrons. The lowest BCUT2D eigenvalue weighted by atomic mass is 10.1. The van der Waals surface area contributed by atoms with Gasteiger partial charge in [0.2, 0.25) is 0 Å². The van der Waals surface area contributed by atoms with Gasteiger partial charge in [0.15, 0.2) is 6.29 Å². The highest BCUT2D eigenvalue weighted by atomic mass is 16.7. The zero-order valence-corrected chi connectivity index (χ0v) is 7.82. The normalized spacial score (nSPS) is 32.0. The van der Waals surface area contributed by atoms with E-state index in [1.54, 1.807) is 0 Å². The van der Waals surface area contributed by atoms with Gasteiger partial charge in [0.25, 0.3) is 0 Å². The summed E-state index contributed by atoms with van der Waals surface area (Å²) in [4.78, 5) is 0. The van der Waals surface area contributed by atoms with E-state index in [1.165, 1.54) is 0 Å². The summed E-state index contributed by atoms with van der Waals surface area (Å²) in [6, 6.07) is 0.